The van der Waals surface area contributed by atoms with Crippen LogP contribution in [0.25, 0.3) is 0 Å². The highest BCUT2D eigenvalue weighted by Gasteiger charge is 2.21. The zero-order valence-corrected chi connectivity index (χ0v) is 9.49. The van der Waals surface area contributed by atoms with Crippen LogP contribution in [0, 0.1) is 0 Å². The third kappa shape index (κ3) is 2.56. The summed E-state index contributed by atoms with van der Waals surface area (Å²) < 4.78 is 1.82. The Morgan fingerprint density at radius 1 is 1.57 bits per heavy atom. The Hall–Kier alpha value is -0.870. The molecule has 4 nitrogen and oxygen atoms in total. The second-order valence-corrected chi connectivity index (χ2v) is 4.39. The molecule has 0 aliphatic carbocycles. The first-order valence-corrected chi connectivity index (χ1v) is 4.84. The molecule has 1 aromatic heterocycles. The van der Waals surface area contributed by atoms with E-state index in [0.29, 0.717) is 6.54 Å². The summed E-state index contributed by atoms with van der Waals surface area (Å²) in [4.78, 5) is 2.24. The summed E-state index contributed by atoms with van der Waals surface area (Å²) in [7, 11) is 4.01. The van der Waals surface area contributed by atoms with E-state index in [2.05, 4.69) is 30.9 Å². The Morgan fingerprint density at radius 2 is 2.21 bits per heavy atom. The molecule has 1 aromatic rings. The largest absolute Gasteiger partial charge is 0.329 e. The van der Waals surface area contributed by atoms with Crippen LogP contribution in [-0.4, -0.2) is 33.8 Å². The Bertz CT molecular complexity index is 290. The standard InChI is InChI=1S/C10H20N4/c1-10(2,8-11)13(3)6-9-5-12-14(4)7-9/h5,7H,6,8,11H2,1-4H3. The summed E-state index contributed by atoms with van der Waals surface area (Å²) in [6.07, 6.45) is 3.92. The number of rotatable bonds is 4. The zero-order chi connectivity index (χ0) is 10.8. The van der Waals surface area contributed by atoms with Gasteiger partial charge in [0.15, 0.2) is 0 Å². The van der Waals surface area contributed by atoms with Crippen molar-refractivity contribution in [2.45, 2.75) is 25.9 Å². The molecule has 2 N–H and O–H groups in total. The smallest absolute Gasteiger partial charge is 0.0534 e. The number of likely N-dealkylation sites (N-methyl/N-ethyl adjacent to an activating group) is 1. The number of hydrogen-bond acceptors (Lipinski definition) is 3. The van der Waals surface area contributed by atoms with Crippen LogP contribution in [0.5, 0.6) is 0 Å². The van der Waals surface area contributed by atoms with Crippen molar-refractivity contribution in [1.29, 1.82) is 0 Å². The molecule has 0 bridgehead atoms. The molecule has 0 amide bonds. The van der Waals surface area contributed by atoms with E-state index in [1.807, 2.05) is 24.1 Å². The van der Waals surface area contributed by atoms with Crippen molar-refractivity contribution in [3.63, 3.8) is 0 Å². The topological polar surface area (TPSA) is 47.1 Å². The molecule has 80 valence electrons. The normalized spacial score (nSPS) is 12.4. The van der Waals surface area contributed by atoms with Crippen molar-refractivity contribution < 1.29 is 0 Å². The van der Waals surface area contributed by atoms with E-state index in [1.54, 1.807) is 0 Å². The Labute approximate surface area is 85.7 Å². The molecular weight excluding hydrogens is 176 g/mol. The monoisotopic (exact) mass is 196 g/mol. The van der Waals surface area contributed by atoms with Crippen LogP contribution in [-0.2, 0) is 13.6 Å². The minimum absolute atomic E-state index is 0.0375. The number of aryl methyl sites for hydroxylation is 1. The Balaban J connectivity index is 2.61. The van der Waals surface area contributed by atoms with Crippen LogP contribution >= 0.6 is 0 Å². The van der Waals surface area contributed by atoms with Gasteiger partial charge in [0.2, 0.25) is 0 Å². The number of hydrogen-bond donors (Lipinski definition) is 1. The van der Waals surface area contributed by atoms with Gasteiger partial charge < -0.3 is 5.73 Å². The van der Waals surface area contributed by atoms with Crippen LogP contribution in [0.2, 0.25) is 0 Å². The quantitative estimate of drug-likeness (QED) is 0.766. The minimum atomic E-state index is 0.0375. The fourth-order valence-corrected chi connectivity index (χ4v) is 1.20. The van der Waals surface area contributed by atoms with Crippen molar-refractivity contribution in [1.82, 2.24) is 14.7 Å². The average molecular weight is 196 g/mol. The number of aromatic nitrogens is 2. The van der Waals surface area contributed by atoms with E-state index in [9.17, 15) is 0 Å². The minimum Gasteiger partial charge on any atom is -0.329 e. The summed E-state index contributed by atoms with van der Waals surface area (Å²) >= 11 is 0. The summed E-state index contributed by atoms with van der Waals surface area (Å²) in [5.74, 6) is 0. The van der Waals surface area contributed by atoms with Crippen molar-refractivity contribution >= 4 is 0 Å². The van der Waals surface area contributed by atoms with Gasteiger partial charge in [0.05, 0.1) is 6.20 Å². The molecule has 0 spiro atoms. The highest BCUT2D eigenvalue weighted by atomic mass is 15.2. The summed E-state index contributed by atoms with van der Waals surface area (Å²) in [5, 5.41) is 4.14. The lowest BCUT2D eigenvalue weighted by Gasteiger charge is -2.34. The highest BCUT2D eigenvalue weighted by Crippen LogP contribution is 2.13. The first-order valence-electron chi connectivity index (χ1n) is 4.84. The molecule has 0 radical (unpaired) electrons. The van der Waals surface area contributed by atoms with Gasteiger partial charge in [-0.05, 0) is 20.9 Å². The maximum Gasteiger partial charge on any atom is 0.0534 e. The summed E-state index contributed by atoms with van der Waals surface area (Å²) in [5.41, 5.74) is 6.96. The van der Waals surface area contributed by atoms with Gasteiger partial charge >= 0.3 is 0 Å². The second-order valence-electron chi connectivity index (χ2n) is 4.39. The van der Waals surface area contributed by atoms with E-state index in [0.717, 1.165) is 6.54 Å². The molecule has 0 fully saturated rings. The third-order valence-corrected chi connectivity index (χ3v) is 2.71. The fraction of sp³-hybridized carbons (Fsp3) is 0.700. The molecule has 1 heterocycles. The Morgan fingerprint density at radius 3 is 2.64 bits per heavy atom. The fourth-order valence-electron chi connectivity index (χ4n) is 1.20. The molecule has 0 atom stereocenters. The molecular formula is C10H20N4. The van der Waals surface area contributed by atoms with Crippen LogP contribution in [0.4, 0.5) is 0 Å². The van der Waals surface area contributed by atoms with Gasteiger partial charge in [0, 0.05) is 37.4 Å². The predicted octanol–water partition coefficient (Wildman–Crippen LogP) is 0.589. The van der Waals surface area contributed by atoms with Gasteiger partial charge in [0.25, 0.3) is 0 Å². The lowest BCUT2D eigenvalue weighted by atomic mass is 10.0. The van der Waals surface area contributed by atoms with Crippen molar-refractivity contribution in [3.8, 4) is 0 Å². The second kappa shape index (κ2) is 4.11. The van der Waals surface area contributed by atoms with E-state index in [4.69, 9.17) is 5.73 Å². The maximum atomic E-state index is 5.70. The average Bonchev–Trinajstić information content (AvgIpc) is 2.51. The number of nitrogens with zero attached hydrogens (tertiary/aromatic N) is 3. The summed E-state index contributed by atoms with van der Waals surface area (Å²) in [6.45, 7) is 5.83. The molecule has 4 heteroatoms. The molecule has 14 heavy (non-hydrogen) atoms. The highest BCUT2D eigenvalue weighted by molar-refractivity contribution is 5.04. The van der Waals surface area contributed by atoms with Crippen LogP contribution in [0.15, 0.2) is 12.4 Å². The first kappa shape index (κ1) is 11.2. The van der Waals surface area contributed by atoms with E-state index >= 15 is 0 Å². The SMILES string of the molecule is CN(Cc1cnn(C)c1)C(C)(C)CN. The lowest BCUT2D eigenvalue weighted by molar-refractivity contribution is 0.155. The molecule has 0 saturated heterocycles. The molecule has 0 aliphatic heterocycles. The molecule has 1 rings (SSSR count). The van der Waals surface area contributed by atoms with Gasteiger partial charge in [-0.15, -0.1) is 0 Å². The van der Waals surface area contributed by atoms with E-state index in [1.165, 1.54) is 5.56 Å². The third-order valence-electron chi connectivity index (χ3n) is 2.71. The van der Waals surface area contributed by atoms with Gasteiger partial charge in [-0.3, -0.25) is 9.58 Å². The first-order chi connectivity index (χ1) is 6.45. The van der Waals surface area contributed by atoms with Gasteiger partial charge in [-0.25, -0.2) is 0 Å². The van der Waals surface area contributed by atoms with Crippen LogP contribution < -0.4 is 5.73 Å². The lowest BCUT2D eigenvalue weighted by Crippen LogP contribution is -2.46. The van der Waals surface area contributed by atoms with E-state index in [-0.39, 0.29) is 5.54 Å². The van der Waals surface area contributed by atoms with Gasteiger partial charge in [-0.2, -0.15) is 5.10 Å². The number of nitrogens with two attached hydrogens (primary N) is 1. The predicted molar refractivity (Wildman–Crippen MR) is 57.8 cm³/mol. The van der Waals surface area contributed by atoms with Crippen molar-refractivity contribution in [2.75, 3.05) is 13.6 Å². The maximum absolute atomic E-state index is 5.70. The Kier molecular flexibility index (Phi) is 3.29. The van der Waals surface area contributed by atoms with Crippen molar-refractivity contribution in [3.05, 3.63) is 18.0 Å². The summed E-state index contributed by atoms with van der Waals surface area (Å²) in [6, 6.07) is 0. The molecule has 0 saturated carbocycles. The van der Waals surface area contributed by atoms with Gasteiger partial charge in [0.1, 0.15) is 0 Å². The molecule has 0 aromatic carbocycles. The van der Waals surface area contributed by atoms with Crippen LogP contribution in [0.1, 0.15) is 19.4 Å². The van der Waals surface area contributed by atoms with Gasteiger partial charge in [-0.1, -0.05) is 0 Å². The molecule has 0 unspecified atom stereocenters. The molecule has 0 aliphatic rings. The van der Waals surface area contributed by atoms with Crippen molar-refractivity contribution in [2.24, 2.45) is 12.8 Å². The van der Waals surface area contributed by atoms with E-state index < -0.39 is 0 Å². The van der Waals surface area contributed by atoms with Crippen LogP contribution in [0.3, 0.4) is 0 Å². The zero-order valence-electron chi connectivity index (χ0n) is 9.49.